The van der Waals surface area contributed by atoms with Gasteiger partial charge >= 0.3 is 6.09 Å². The molecule has 0 saturated heterocycles. The van der Waals surface area contributed by atoms with Gasteiger partial charge in [0.1, 0.15) is 5.69 Å². The molecule has 0 spiro atoms. The molecule has 1 N–H and O–H groups in total. The maximum absolute atomic E-state index is 14.3. The van der Waals surface area contributed by atoms with Gasteiger partial charge in [-0.2, -0.15) is 0 Å². The second-order valence-corrected chi connectivity index (χ2v) is 10.6. The van der Waals surface area contributed by atoms with Crippen molar-refractivity contribution in [1.29, 1.82) is 0 Å². The number of carbonyl (C=O) groups excluding carboxylic acids is 2. The number of amides is 2. The standard InChI is InChI=1S/C30H39N3O5/c1-19(2)38-30(36)31(5)16-26-20(3)15-33(21(4)17-34)29(35)28-27(23-12-8-7-11-22(23)18-37-26)24-13-9-10-14-25(24)32(28)6/h7-14,19-21,26,34H,15-18H2,1-6H3/t20-,21-,26+/m0/s1. The lowest BCUT2D eigenvalue weighted by Gasteiger charge is -2.35. The largest absolute Gasteiger partial charge is 0.447 e. The number of carbonyl (C=O) groups is 2. The first-order valence-electron chi connectivity index (χ1n) is 13.2. The van der Waals surface area contributed by atoms with Crippen LogP contribution in [0.5, 0.6) is 0 Å². The van der Waals surface area contributed by atoms with E-state index >= 15 is 0 Å². The highest BCUT2D eigenvalue weighted by Gasteiger charge is 2.34. The fourth-order valence-electron chi connectivity index (χ4n) is 5.16. The Labute approximate surface area is 224 Å². The van der Waals surface area contributed by atoms with E-state index in [4.69, 9.17) is 9.47 Å². The molecule has 0 aliphatic carbocycles. The Bertz CT molecular complexity index is 1300. The molecular weight excluding hydrogens is 482 g/mol. The minimum Gasteiger partial charge on any atom is -0.447 e. The van der Waals surface area contributed by atoms with Crippen molar-refractivity contribution in [3.05, 3.63) is 59.8 Å². The predicted octanol–water partition coefficient (Wildman–Crippen LogP) is 4.68. The normalized spacial score (nSPS) is 19.1. The fraction of sp³-hybridized carbons (Fsp3) is 0.467. The molecule has 0 bridgehead atoms. The highest BCUT2D eigenvalue weighted by Crippen LogP contribution is 2.38. The number of fused-ring (bicyclic) bond motifs is 5. The number of likely N-dealkylation sites (N-methyl/N-ethyl adjacent to an activating group) is 1. The Morgan fingerprint density at radius 2 is 1.84 bits per heavy atom. The van der Waals surface area contributed by atoms with Gasteiger partial charge in [-0.1, -0.05) is 49.4 Å². The Kier molecular flexibility index (Phi) is 8.43. The molecule has 3 atom stereocenters. The van der Waals surface area contributed by atoms with Crippen molar-refractivity contribution < 1.29 is 24.2 Å². The summed E-state index contributed by atoms with van der Waals surface area (Å²) in [6, 6.07) is 15.6. The van der Waals surface area contributed by atoms with Crippen LogP contribution < -0.4 is 0 Å². The van der Waals surface area contributed by atoms with E-state index in [1.165, 1.54) is 4.90 Å². The van der Waals surface area contributed by atoms with Gasteiger partial charge < -0.3 is 28.9 Å². The van der Waals surface area contributed by atoms with Crippen LogP contribution in [-0.4, -0.2) is 76.5 Å². The van der Waals surface area contributed by atoms with Gasteiger partial charge in [-0.25, -0.2) is 4.79 Å². The van der Waals surface area contributed by atoms with Crippen LogP contribution in [0.4, 0.5) is 4.79 Å². The highest BCUT2D eigenvalue weighted by molar-refractivity contribution is 6.10. The van der Waals surface area contributed by atoms with Crippen molar-refractivity contribution in [2.75, 3.05) is 26.7 Å². The predicted molar refractivity (Wildman–Crippen MR) is 148 cm³/mol. The van der Waals surface area contributed by atoms with Crippen LogP contribution in [0, 0.1) is 5.92 Å². The molecule has 0 unspecified atom stereocenters. The fourth-order valence-corrected chi connectivity index (χ4v) is 5.16. The summed E-state index contributed by atoms with van der Waals surface area (Å²) >= 11 is 0. The molecule has 204 valence electrons. The van der Waals surface area contributed by atoms with Crippen molar-refractivity contribution >= 4 is 22.9 Å². The van der Waals surface area contributed by atoms with Crippen LogP contribution >= 0.6 is 0 Å². The highest BCUT2D eigenvalue weighted by atomic mass is 16.6. The summed E-state index contributed by atoms with van der Waals surface area (Å²) in [5.74, 6) is -0.277. The van der Waals surface area contributed by atoms with Crippen molar-refractivity contribution in [1.82, 2.24) is 14.4 Å². The number of ether oxygens (including phenoxy) is 2. The van der Waals surface area contributed by atoms with E-state index in [1.54, 1.807) is 11.9 Å². The first kappa shape index (κ1) is 27.7. The van der Waals surface area contributed by atoms with Crippen LogP contribution in [0.25, 0.3) is 22.0 Å². The molecular formula is C30H39N3O5. The van der Waals surface area contributed by atoms with E-state index in [1.807, 2.05) is 87.8 Å². The van der Waals surface area contributed by atoms with Gasteiger partial charge in [0.25, 0.3) is 5.91 Å². The number of rotatable bonds is 5. The van der Waals surface area contributed by atoms with Gasteiger partial charge in [-0.05, 0) is 38.0 Å². The minimum atomic E-state index is -0.416. The lowest BCUT2D eigenvalue weighted by atomic mass is 9.96. The average molecular weight is 522 g/mol. The number of aromatic nitrogens is 1. The molecule has 2 aromatic carbocycles. The van der Waals surface area contributed by atoms with Crippen molar-refractivity contribution in [2.45, 2.75) is 52.6 Å². The van der Waals surface area contributed by atoms with Gasteiger partial charge in [0.05, 0.1) is 38.0 Å². The number of hydrogen-bond acceptors (Lipinski definition) is 5. The Balaban J connectivity index is 1.84. The summed E-state index contributed by atoms with van der Waals surface area (Å²) in [4.78, 5) is 30.2. The van der Waals surface area contributed by atoms with E-state index in [-0.39, 0.29) is 30.6 Å². The summed E-state index contributed by atoms with van der Waals surface area (Å²) in [7, 11) is 3.61. The molecule has 2 heterocycles. The third-order valence-electron chi connectivity index (χ3n) is 7.33. The number of aryl methyl sites for hydroxylation is 1. The van der Waals surface area contributed by atoms with E-state index in [0.717, 1.165) is 27.6 Å². The van der Waals surface area contributed by atoms with Crippen LogP contribution in [0.3, 0.4) is 0 Å². The zero-order chi connectivity index (χ0) is 27.6. The van der Waals surface area contributed by atoms with Crippen LogP contribution in [0.15, 0.2) is 48.5 Å². The van der Waals surface area contributed by atoms with Crippen LogP contribution in [0.1, 0.15) is 43.7 Å². The Morgan fingerprint density at radius 1 is 1.16 bits per heavy atom. The Hall–Kier alpha value is -3.36. The van der Waals surface area contributed by atoms with E-state index in [2.05, 4.69) is 0 Å². The molecule has 0 radical (unpaired) electrons. The lowest BCUT2D eigenvalue weighted by Crippen LogP contribution is -2.48. The molecule has 0 fully saturated rings. The Morgan fingerprint density at radius 3 is 2.55 bits per heavy atom. The van der Waals surface area contributed by atoms with Crippen LogP contribution in [0.2, 0.25) is 0 Å². The molecule has 1 aliphatic rings. The topological polar surface area (TPSA) is 84.2 Å². The number of benzene rings is 2. The molecule has 8 nitrogen and oxygen atoms in total. The smallest absolute Gasteiger partial charge is 0.409 e. The molecule has 2 amide bonds. The van der Waals surface area contributed by atoms with Crippen molar-refractivity contribution in [2.24, 2.45) is 13.0 Å². The first-order valence-corrected chi connectivity index (χ1v) is 13.2. The zero-order valence-electron chi connectivity index (χ0n) is 23.2. The molecule has 1 aromatic heterocycles. The third-order valence-corrected chi connectivity index (χ3v) is 7.33. The SMILES string of the molecule is CC(C)OC(=O)N(C)C[C@H]1OCc2ccccc2-c2c(n(C)c3ccccc23)C(=O)N([C@@H](C)CO)C[C@@H]1C. The number of hydrogen-bond donors (Lipinski definition) is 1. The number of para-hydroxylation sites is 1. The minimum absolute atomic E-state index is 0.134. The van der Waals surface area contributed by atoms with Gasteiger partial charge in [0, 0.05) is 43.0 Å². The lowest BCUT2D eigenvalue weighted by molar-refractivity contribution is -0.0246. The maximum atomic E-state index is 14.3. The van der Waals surface area contributed by atoms with Crippen LogP contribution in [-0.2, 0) is 23.1 Å². The quantitative estimate of drug-likeness (QED) is 0.527. The summed E-state index contributed by atoms with van der Waals surface area (Å²) < 4.78 is 13.8. The second-order valence-electron chi connectivity index (χ2n) is 10.6. The van der Waals surface area contributed by atoms with E-state index < -0.39 is 12.1 Å². The summed E-state index contributed by atoms with van der Waals surface area (Å²) in [5.41, 5.74) is 4.32. The molecule has 8 heteroatoms. The average Bonchev–Trinajstić information content (AvgIpc) is 3.19. The monoisotopic (exact) mass is 521 g/mol. The summed E-state index contributed by atoms with van der Waals surface area (Å²) in [5, 5.41) is 11.1. The molecule has 0 saturated carbocycles. The van der Waals surface area contributed by atoms with Gasteiger partial charge in [-0.3, -0.25) is 4.79 Å². The number of aliphatic hydroxyl groups excluding tert-OH is 1. The first-order chi connectivity index (χ1) is 18.1. The van der Waals surface area contributed by atoms with Gasteiger partial charge in [-0.15, -0.1) is 0 Å². The number of aliphatic hydroxyl groups is 1. The molecule has 4 rings (SSSR count). The van der Waals surface area contributed by atoms with E-state index in [9.17, 15) is 14.7 Å². The van der Waals surface area contributed by atoms with Crippen molar-refractivity contribution in [3.8, 4) is 11.1 Å². The zero-order valence-corrected chi connectivity index (χ0v) is 23.2. The summed E-state index contributed by atoms with van der Waals surface area (Å²) in [6.07, 6.45) is -1.01. The molecule has 3 aromatic rings. The summed E-state index contributed by atoms with van der Waals surface area (Å²) in [6.45, 7) is 8.32. The maximum Gasteiger partial charge on any atom is 0.409 e. The van der Waals surface area contributed by atoms with Gasteiger partial charge in [0.2, 0.25) is 0 Å². The molecule has 1 aliphatic heterocycles. The van der Waals surface area contributed by atoms with Gasteiger partial charge in [0.15, 0.2) is 0 Å². The van der Waals surface area contributed by atoms with E-state index in [0.29, 0.717) is 25.4 Å². The van der Waals surface area contributed by atoms with Crippen molar-refractivity contribution in [3.63, 3.8) is 0 Å². The second kappa shape index (κ2) is 11.6. The molecule has 38 heavy (non-hydrogen) atoms. The number of nitrogens with zero attached hydrogens (tertiary/aromatic N) is 3. The third kappa shape index (κ3) is 5.42.